The van der Waals surface area contributed by atoms with Crippen molar-refractivity contribution in [2.75, 3.05) is 16.0 Å². The number of hydrogen-bond acceptors (Lipinski definition) is 3. The molecule has 0 aliphatic carbocycles. The van der Waals surface area contributed by atoms with E-state index in [0.29, 0.717) is 22.6 Å². The first-order chi connectivity index (χ1) is 10.9. The highest BCUT2D eigenvalue weighted by Crippen LogP contribution is 2.16. The van der Waals surface area contributed by atoms with Crippen LogP contribution < -0.4 is 21.7 Å². The predicted molar refractivity (Wildman–Crippen MR) is 88.3 cm³/mol. The second-order valence-electron chi connectivity index (χ2n) is 4.79. The molecule has 118 valence electrons. The summed E-state index contributed by atoms with van der Waals surface area (Å²) in [5.74, 6) is -0.771. The third kappa shape index (κ3) is 4.85. The number of nitrogens with two attached hydrogens (primary N) is 1. The van der Waals surface area contributed by atoms with Crippen molar-refractivity contribution in [2.45, 2.75) is 6.92 Å². The summed E-state index contributed by atoms with van der Waals surface area (Å²) in [6, 6.07) is 12.5. The van der Waals surface area contributed by atoms with E-state index in [4.69, 9.17) is 5.73 Å². The normalized spacial score (nSPS) is 9.78. The van der Waals surface area contributed by atoms with Crippen molar-refractivity contribution in [3.05, 3.63) is 54.1 Å². The molecule has 0 heterocycles. The molecule has 0 radical (unpaired) electrons. The smallest absolute Gasteiger partial charge is 0.323 e. The zero-order valence-electron chi connectivity index (χ0n) is 12.4. The SMILES string of the molecule is CC(=O)Nc1cccc(NC(=O)Nc2cccc(C(N)=O)c2)c1. The number of urea groups is 1. The van der Waals surface area contributed by atoms with Gasteiger partial charge >= 0.3 is 6.03 Å². The molecule has 0 aliphatic rings. The van der Waals surface area contributed by atoms with Crippen LogP contribution in [0, 0.1) is 0 Å². The molecule has 0 saturated heterocycles. The van der Waals surface area contributed by atoms with Crippen molar-refractivity contribution in [1.82, 2.24) is 0 Å². The van der Waals surface area contributed by atoms with Crippen molar-refractivity contribution < 1.29 is 14.4 Å². The molecule has 7 heteroatoms. The van der Waals surface area contributed by atoms with E-state index in [9.17, 15) is 14.4 Å². The first-order valence-corrected chi connectivity index (χ1v) is 6.79. The number of primary amides is 1. The van der Waals surface area contributed by atoms with Gasteiger partial charge in [0.15, 0.2) is 0 Å². The fourth-order valence-electron chi connectivity index (χ4n) is 1.92. The average molecular weight is 312 g/mol. The maximum Gasteiger partial charge on any atom is 0.323 e. The Morgan fingerprint density at radius 3 is 1.91 bits per heavy atom. The van der Waals surface area contributed by atoms with E-state index >= 15 is 0 Å². The molecular weight excluding hydrogens is 296 g/mol. The number of rotatable bonds is 4. The molecule has 0 unspecified atom stereocenters. The zero-order chi connectivity index (χ0) is 16.8. The molecule has 2 aromatic rings. The standard InChI is InChI=1S/C16H16N4O3/c1-10(21)18-13-6-3-7-14(9-13)20-16(23)19-12-5-2-4-11(8-12)15(17)22/h2-9H,1H3,(H2,17,22)(H,18,21)(H2,19,20,23). The van der Waals surface area contributed by atoms with Gasteiger partial charge in [-0.2, -0.15) is 0 Å². The van der Waals surface area contributed by atoms with Crippen LogP contribution in [-0.2, 0) is 4.79 Å². The van der Waals surface area contributed by atoms with Crippen molar-refractivity contribution in [3.8, 4) is 0 Å². The van der Waals surface area contributed by atoms with Gasteiger partial charge in [0.05, 0.1) is 0 Å². The van der Waals surface area contributed by atoms with Crippen LogP contribution in [-0.4, -0.2) is 17.8 Å². The van der Waals surface area contributed by atoms with Gasteiger partial charge in [-0.25, -0.2) is 4.79 Å². The molecule has 2 aromatic carbocycles. The minimum absolute atomic E-state index is 0.199. The van der Waals surface area contributed by atoms with Crippen LogP contribution in [0.25, 0.3) is 0 Å². The third-order valence-corrected chi connectivity index (χ3v) is 2.85. The van der Waals surface area contributed by atoms with Crippen molar-refractivity contribution in [2.24, 2.45) is 5.73 Å². The minimum atomic E-state index is -0.572. The number of hydrogen-bond donors (Lipinski definition) is 4. The molecule has 0 saturated carbocycles. The van der Waals surface area contributed by atoms with Gasteiger partial charge in [0, 0.05) is 29.5 Å². The predicted octanol–water partition coefficient (Wildman–Crippen LogP) is 2.39. The summed E-state index contributed by atoms with van der Waals surface area (Å²) in [7, 11) is 0. The summed E-state index contributed by atoms with van der Waals surface area (Å²) >= 11 is 0. The van der Waals surface area contributed by atoms with Gasteiger partial charge in [-0.1, -0.05) is 12.1 Å². The van der Waals surface area contributed by atoms with E-state index < -0.39 is 11.9 Å². The molecular formula is C16H16N4O3. The van der Waals surface area contributed by atoms with Crippen LogP contribution in [0.4, 0.5) is 21.9 Å². The van der Waals surface area contributed by atoms with E-state index in [-0.39, 0.29) is 5.91 Å². The van der Waals surface area contributed by atoms with E-state index in [2.05, 4.69) is 16.0 Å². The lowest BCUT2D eigenvalue weighted by molar-refractivity contribution is -0.114. The molecule has 23 heavy (non-hydrogen) atoms. The Bertz CT molecular complexity index is 758. The lowest BCUT2D eigenvalue weighted by atomic mass is 10.2. The molecule has 0 aliphatic heterocycles. The Balaban J connectivity index is 2.03. The third-order valence-electron chi connectivity index (χ3n) is 2.85. The Kier molecular flexibility index (Phi) is 4.93. The highest BCUT2D eigenvalue weighted by atomic mass is 16.2. The summed E-state index contributed by atoms with van der Waals surface area (Å²) in [4.78, 5) is 34.1. The Labute approximate surface area is 132 Å². The lowest BCUT2D eigenvalue weighted by Crippen LogP contribution is -2.20. The average Bonchev–Trinajstić information content (AvgIpc) is 2.47. The van der Waals surface area contributed by atoms with Crippen LogP contribution in [0.15, 0.2) is 48.5 Å². The van der Waals surface area contributed by atoms with Crippen molar-refractivity contribution in [3.63, 3.8) is 0 Å². The molecule has 0 fully saturated rings. The molecule has 5 N–H and O–H groups in total. The van der Waals surface area contributed by atoms with Crippen LogP contribution >= 0.6 is 0 Å². The quantitative estimate of drug-likeness (QED) is 0.695. The molecule has 2 rings (SSSR count). The Morgan fingerprint density at radius 1 is 0.826 bits per heavy atom. The summed E-state index contributed by atoms with van der Waals surface area (Å²) < 4.78 is 0. The molecule has 4 amide bonds. The van der Waals surface area contributed by atoms with E-state index in [1.165, 1.54) is 13.0 Å². The maximum atomic E-state index is 12.0. The van der Waals surface area contributed by atoms with Crippen LogP contribution in [0.1, 0.15) is 17.3 Å². The largest absolute Gasteiger partial charge is 0.366 e. The Morgan fingerprint density at radius 2 is 1.35 bits per heavy atom. The van der Waals surface area contributed by atoms with Gasteiger partial charge in [-0.05, 0) is 36.4 Å². The van der Waals surface area contributed by atoms with Gasteiger partial charge in [0.1, 0.15) is 0 Å². The summed E-state index contributed by atoms with van der Waals surface area (Å²) in [5, 5.41) is 7.86. The number of benzene rings is 2. The minimum Gasteiger partial charge on any atom is -0.366 e. The fraction of sp³-hybridized carbons (Fsp3) is 0.0625. The lowest BCUT2D eigenvalue weighted by Gasteiger charge is -2.10. The zero-order valence-corrected chi connectivity index (χ0v) is 12.4. The second-order valence-corrected chi connectivity index (χ2v) is 4.79. The first kappa shape index (κ1) is 16.0. The summed E-state index contributed by atoms with van der Waals surface area (Å²) in [6.45, 7) is 1.40. The number of nitrogens with one attached hydrogen (secondary N) is 3. The van der Waals surface area contributed by atoms with E-state index in [0.717, 1.165) is 0 Å². The summed E-state index contributed by atoms with van der Waals surface area (Å²) in [6.07, 6.45) is 0. The molecule has 0 spiro atoms. The Hall–Kier alpha value is -3.35. The monoisotopic (exact) mass is 312 g/mol. The van der Waals surface area contributed by atoms with Gasteiger partial charge < -0.3 is 21.7 Å². The van der Waals surface area contributed by atoms with Crippen LogP contribution in [0.3, 0.4) is 0 Å². The summed E-state index contributed by atoms with van der Waals surface area (Å²) in [5.41, 5.74) is 7.02. The van der Waals surface area contributed by atoms with E-state index in [1.807, 2.05) is 0 Å². The number of amides is 4. The van der Waals surface area contributed by atoms with Crippen molar-refractivity contribution in [1.29, 1.82) is 0 Å². The van der Waals surface area contributed by atoms with Gasteiger partial charge in [-0.15, -0.1) is 0 Å². The number of anilines is 3. The maximum absolute atomic E-state index is 12.0. The number of carbonyl (C=O) groups excluding carboxylic acids is 3. The molecule has 7 nitrogen and oxygen atoms in total. The highest BCUT2D eigenvalue weighted by molar-refractivity contribution is 6.01. The molecule has 0 atom stereocenters. The van der Waals surface area contributed by atoms with Gasteiger partial charge in [0.25, 0.3) is 0 Å². The molecule has 0 aromatic heterocycles. The van der Waals surface area contributed by atoms with Crippen LogP contribution in [0.2, 0.25) is 0 Å². The second kappa shape index (κ2) is 7.08. The highest BCUT2D eigenvalue weighted by Gasteiger charge is 2.06. The van der Waals surface area contributed by atoms with Gasteiger partial charge in [0.2, 0.25) is 11.8 Å². The topological polar surface area (TPSA) is 113 Å². The van der Waals surface area contributed by atoms with Crippen molar-refractivity contribution >= 4 is 34.9 Å². The van der Waals surface area contributed by atoms with Crippen LogP contribution in [0.5, 0.6) is 0 Å². The molecule has 0 bridgehead atoms. The first-order valence-electron chi connectivity index (χ1n) is 6.79. The van der Waals surface area contributed by atoms with Gasteiger partial charge in [-0.3, -0.25) is 9.59 Å². The number of carbonyl (C=O) groups is 3. The van der Waals surface area contributed by atoms with E-state index in [1.54, 1.807) is 42.5 Å². The fourth-order valence-corrected chi connectivity index (χ4v) is 1.92.